The van der Waals surface area contributed by atoms with Gasteiger partial charge in [0.15, 0.2) is 0 Å². The maximum absolute atomic E-state index is 6.90. The van der Waals surface area contributed by atoms with Gasteiger partial charge in [-0.1, -0.05) is 174 Å². The molecule has 0 atom stereocenters. The second-order valence-corrected chi connectivity index (χ2v) is 21.3. The van der Waals surface area contributed by atoms with Gasteiger partial charge in [-0.25, -0.2) is 0 Å². The van der Waals surface area contributed by atoms with Crippen molar-refractivity contribution in [2.75, 3.05) is 0 Å². The molecule has 70 heavy (non-hydrogen) atoms. The summed E-state index contributed by atoms with van der Waals surface area (Å²) in [5.74, 6) is 3.33. The Kier molecular flexibility index (Phi) is 7.48. The highest BCUT2D eigenvalue weighted by Gasteiger charge is 2.44. The number of para-hydroxylation sites is 4. The summed E-state index contributed by atoms with van der Waals surface area (Å²) in [5.41, 5.74) is 15.5. The Morgan fingerprint density at radius 2 is 0.757 bits per heavy atom. The van der Waals surface area contributed by atoms with Gasteiger partial charge in [-0.15, -0.1) is 0 Å². The second-order valence-electron chi connectivity index (χ2n) is 19.1. The molecular formula is C62H34B2N2O2S2. The molecule has 322 valence electrons. The number of nitrogens with zero attached hydrogens (tertiary/aromatic N) is 2. The zero-order valence-corrected chi connectivity index (χ0v) is 38.9. The van der Waals surface area contributed by atoms with Crippen LogP contribution < -0.4 is 42.3 Å². The molecule has 11 aromatic carbocycles. The molecule has 0 N–H and O–H groups in total. The molecule has 0 unspecified atom stereocenters. The predicted octanol–water partition coefficient (Wildman–Crippen LogP) is 12.4. The molecule has 4 aliphatic rings. The summed E-state index contributed by atoms with van der Waals surface area (Å²) in [6.45, 7) is 0.0485. The summed E-state index contributed by atoms with van der Waals surface area (Å²) < 4.78 is 18.8. The minimum Gasteiger partial charge on any atom is -0.457 e. The van der Waals surface area contributed by atoms with E-state index in [9.17, 15) is 0 Å². The van der Waals surface area contributed by atoms with Crippen molar-refractivity contribution in [1.82, 2.24) is 9.13 Å². The van der Waals surface area contributed by atoms with E-state index in [0.717, 1.165) is 33.8 Å². The van der Waals surface area contributed by atoms with Gasteiger partial charge in [0.1, 0.15) is 23.0 Å². The van der Waals surface area contributed by atoms with Gasteiger partial charge < -0.3 is 18.6 Å². The number of ether oxygens (including phenoxy) is 2. The molecule has 4 nitrogen and oxygen atoms in total. The SMILES string of the molecule is c1ccc2cc(Oc3cc4c5c(c3)-n3c6ccccc6c6cccc(c63)B5c3cc5c(cc3S4)Sc3cc(Oc4ccc6ccccc6c4)cc4c3B5c3cccc5c6ccccc6n-4c35)ccc2c1. The van der Waals surface area contributed by atoms with E-state index in [1.165, 1.54) is 118 Å². The van der Waals surface area contributed by atoms with E-state index in [4.69, 9.17) is 9.47 Å². The highest BCUT2D eigenvalue weighted by molar-refractivity contribution is 8.01. The van der Waals surface area contributed by atoms with Crippen molar-refractivity contribution in [3.8, 4) is 34.4 Å². The molecule has 8 heteroatoms. The first kappa shape index (κ1) is 37.9. The maximum Gasteiger partial charge on any atom is 0.249 e. The predicted molar refractivity (Wildman–Crippen MR) is 294 cm³/mol. The number of rotatable bonds is 4. The van der Waals surface area contributed by atoms with Crippen LogP contribution in [0.25, 0.3) is 76.5 Å². The van der Waals surface area contributed by atoms with Crippen molar-refractivity contribution in [1.29, 1.82) is 0 Å². The molecule has 13 aromatic rings. The van der Waals surface area contributed by atoms with Crippen LogP contribution in [0.5, 0.6) is 23.0 Å². The fraction of sp³-hybridized carbons (Fsp3) is 0. The lowest BCUT2D eigenvalue weighted by Gasteiger charge is -2.37. The normalized spacial score (nSPS) is 13.5. The lowest BCUT2D eigenvalue weighted by atomic mass is 9.32. The van der Waals surface area contributed by atoms with Gasteiger partial charge in [-0.05, 0) is 98.0 Å². The van der Waals surface area contributed by atoms with Crippen LogP contribution in [0.2, 0.25) is 0 Å². The summed E-state index contributed by atoms with van der Waals surface area (Å²) >= 11 is 3.77. The molecule has 0 saturated heterocycles. The van der Waals surface area contributed by atoms with Crippen molar-refractivity contribution in [2.24, 2.45) is 0 Å². The molecule has 0 fully saturated rings. The highest BCUT2D eigenvalue weighted by Crippen LogP contribution is 2.45. The summed E-state index contributed by atoms with van der Waals surface area (Å²) in [5, 5.41) is 9.81. The average Bonchev–Trinajstić information content (AvgIpc) is 3.92. The van der Waals surface area contributed by atoms with E-state index < -0.39 is 0 Å². The number of benzene rings is 11. The molecule has 0 radical (unpaired) electrons. The first-order chi connectivity index (χ1) is 34.7. The lowest BCUT2D eigenvalue weighted by Crippen LogP contribution is -2.62. The number of hydrogen-bond donors (Lipinski definition) is 0. The topological polar surface area (TPSA) is 28.3 Å². The molecule has 17 rings (SSSR count). The zero-order valence-electron chi connectivity index (χ0n) is 37.3. The van der Waals surface area contributed by atoms with E-state index in [-0.39, 0.29) is 13.4 Å². The van der Waals surface area contributed by atoms with Gasteiger partial charge in [-0.2, -0.15) is 0 Å². The molecule has 4 aliphatic heterocycles. The standard InChI is InChI=1S/C62H34B2N2O2S2/c1-3-13-37-27-39(25-23-35(37)11-1)67-41-29-53-59-57(31-41)69-55-34-56-50(33-49(55)63(59)47-19-9-17-45-43-15-5-7-21-51(43)65(53)61(45)47)64-48-20-10-18-46-44-16-6-8-22-52(44)66(62(46)48)54-30-42(32-58(70-56)60(54)64)68-40-26-24-36-12-2-4-14-38(36)28-40/h1-34H. The first-order valence-corrected chi connectivity index (χ1v) is 25.6. The van der Waals surface area contributed by atoms with Gasteiger partial charge in [0.05, 0.1) is 11.0 Å². The molecule has 2 aromatic heterocycles. The summed E-state index contributed by atoms with van der Waals surface area (Å²) in [6.07, 6.45) is 0. The third-order valence-electron chi connectivity index (χ3n) is 15.4. The van der Waals surface area contributed by atoms with Crippen LogP contribution >= 0.6 is 23.5 Å². The molecule has 6 heterocycles. The Bertz CT molecular complexity index is 4250. The van der Waals surface area contributed by atoms with Crippen molar-refractivity contribution < 1.29 is 9.47 Å². The number of hydrogen-bond acceptors (Lipinski definition) is 4. The van der Waals surface area contributed by atoms with Crippen molar-refractivity contribution in [2.45, 2.75) is 19.6 Å². The smallest absolute Gasteiger partial charge is 0.249 e. The molecule has 0 spiro atoms. The van der Waals surface area contributed by atoms with E-state index in [2.05, 4.69) is 215 Å². The van der Waals surface area contributed by atoms with Crippen LogP contribution in [0, 0.1) is 0 Å². The summed E-state index contributed by atoms with van der Waals surface area (Å²) in [7, 11) is 0. The van der Waals surface area contributed by atoms with Gasteiger partial charge in [0, 0.05) is 75.7 Å². The van der Waals surface area contributed by atoms with Crippen LogP contribution in [0.15, 0.2) is 226 Å². The lowest BCUT2D eigenvalue weighted by molar-refractivity contribution is 0.482. The van der Waals surface area contributed by atoms with E-state index in [0.29, 0.717) is 0 Å². The largest absolute Gasteiger partial charge is 0.457 e. The molecule has 0 bridgehead atoms. The van der Waals surface area contributed by atoms with Gasteiger partial charge in [-0.3, -0.25) is 0 Å². The average molecular weight is 925 g/mol. The Morgan fingerprint density at radius 3 is 1.26 bits per heavy atom. The van der Waals surface area contributed by atoms with Crippen molar-refractivity contribution >= 4 is 135 Å². The maximum atomic E-state index is 6.90. The van der Waals surface area contributed by atoms with Crippen molar-refractivity contribution in [3.63, 3.8) is 0 Å². The van der Waals surface area contributed by atoms with Gasteiger partial charge in [0.25, 0.3) is 0 Å². The minimum absolute atomic E-state index is 0.0243. The van der Waals surface area contributed by atoms with Crippen LogP contribution in [0.4, 0.5) is 0 Å². The molecule has 0 amide bonds. The number of aromatic nitrogens is 2. The summed E-state index contributed by atoms with van der Waals surface area (Å²) in [6, 6.07) is 75.7. The zero-order chi connectivity index (χ0) is 45.3. The van der Waals surface area contributed by atoms with Gasteiger partial charge >= 0.3 is 0 Å². The van der Waals surface area contributed by atoms with E-state index >= 15 is 0 Å². The van der Waals surface area contributed by atoms with E-state index in [1.54, 1.807) is 0 Å². The fourth-order valence-corrected chi connectivity index (χ4v) is 15.1. The Balaban J connectivity index is 0.892. The minimum atomic E-state index is 0.0243. The summed E-state index contributed by atoms with van der Waals surface area (Å²) in [4.78, 5) is 5.03. The Morgan fingerprint density at radius 1 is 0.314 bits per heavy atom. The molecule has 0 saturated carbocycles. The van der Waals surface area contributed by atoms with Crippen LogP contribution in [-0.2, 0) is 0 Å². The molecule has 0 aliphatic carbocycles. The highest BCUT2D eigenvalue weighted by atomic mass is 32.2. The fourth-order valence-electron chi connectivity index (χ4n) is 12.6. The monoisotopic (exact) mass is 924 g/mol. The third-order valence-corrected chi connectivity index (χ3v) is 17.7. The van der Waals surface area contributed by atoms with Crippen LogP contribution in [-0.4, -0.2) is 22.6 Å². The third kappa shape index (κ3) is 5.11. The van der Waals surface area contributed by atoms with Crippen LogP contribution in [0.1, 0.15) is 0 Å². The molecular weight excluding hydrogens is 890 g/mol. The number of fused-ring (bicyclic) bond motifs is 16. The first-order valence-electron chi connectivity index (χ1n) is 23.9. The van der Waals surface area contributed by atoms with Crippen molar-refractivity contribution in [3.05, 3.63) is 206 Å². The Hall–Kier alpha value is -8.03. The quantitative estimate of drug-likeness (QED) is 0.164. The van der Waals surface area contributed by atoms with Gasteiger partial charge in [0.2, 0.25) is 13.4 Å². The second kappa shape index (κ2) is 13.8. The van der Waals surface area contributed by atoms with Crippen LogP contribution in [0.3, 0.4) is 0 Å². The van der Waals surface area contributed by atoms with E-state index in [1.807, 2.05) is 23.5 Å². The Labute approximate surface area is 411 Å².